The number of aromatic nitrogens is 4. The van der Waals surface area contributed by atoms with Gasteiger partial charge in [-0.25, -0.2) is 0 Å². The van der Waals surface area contributed by atoms with Gasteiger partial charge in [-0.2, -0.15) is 0 Å². The Hall–Kier alpha value is -3.45. The smallest absolute Gasteiger partial charge is 0.234 e. The molecule has 0 radical (unpaired) electrons. The minimum absolute atomic E-state index is 0.0591. The molecule has 1 atom stereocenters. The average molecular weight is 430 g/mol. The molecular formula is C24H23N5OS. The zero-order chi connectivity index (χ0) is 21.6. The lowest BCUT2D eigenvalue weighted by Gasteiger charge is -2.22. The van der Waals surface area contributed by atoms with Crippen molar-refractivity contribution >= 4 is 17.7 Å². The van der Waals surface area contributed by atoms with Gasteiger partial charge >= 0.3 is 0 Å². The van der Waals surface area contributed by atoms with E-state index in [9.17, 15) is 4.79 Å². The second-order valence-corrected chi connectivity index (χ2v) is 8.43. The van der Waals surface area contributed by atoms with Crippen molar-refractivity contribution in [2.45, 2.75) is 23.4 Å². The predicted molar refractivity (Wildman–Crippen MR) is 122 cm³/mol. The van der Waals surface area contributed by atoms with E-state index in [2.05, 4.69) is 20.5 Å². The molecule has 1 amide bonds. The van der Waals surface area contributed by atoms with Crippen LogP contribution in [0.25, 0.3) is 11.4 Å². The number of carbonyl (C=O) groups excluding carboxylic acids is 1. The van der Waals surface area contributed by atoms with Gasteiger partial charge in [-0.05, 0) is 30.2 Å². The van der Waals surface area contributed by atoms with Crippen LogP contribution in [0, 0.1) is 0 Å². The molecule has 2 aromatic carbocycles. The van der Waals surface area contributed by atoms with Gasteiger partial charge in [0.1, 0.15) is 0 Å². The number of hydrogen-bond donors (Lipinski definition) is 1. The highest BCUT2D eigenvalue weighted by molar-refractivity contribution is 8.00. The van der Waals surface area contributed by atoms with Crippen LogP contribution in [0.4, 0.5) is 0 Å². The summed E-state index contributed by atoms with van der Waals surface area (Å²) in [5.41, 5.74) is 3.01. The number of nitrogens with zero attached hydrogens (tertiary/aromatic N) is 4. The van der Waals surface area contributed by atoms with E-state index in [1.54, 1.807) is 12.4 Å². The summed E-state index contributed by atoms with van der Waals surface area (Å²) in [6.45, 7) is 1.88. The maximum Gasteiger partial charge on any atom is 0.234 e. The van der Waals surface area contributed by atoms with E-state index in [0.717, 1.165) is 22.5 Å². The van der Waals surface area contributed by atoms with Crippen molar-refractivity contribution < 1.29 is 4.79 Å². The molecule has 0 bridgehead atoms. The Balaban J connectivity index is 1.51. The van der Waals surface area contributed by atoms with E-state index in [0.29, 0.717) is 5.16 Å². The summed E-state index contributed by atoms with van der Waals surface area (Å²) < 4.78 is 1.90. The standard InChI is InChI=1S/C24H23N5OS/c1-17(31-24-28-27-22(29(24)2)20-13-15-25-16-14-20)23(30)26-21(18-9-5-3-6-10-18)19-11-7-4-8-12-19/h3-17,21H,1-2H3,(H,26,30)/t17-/m1/s1. The fraction of sp³-hybridized carbons (Fsp3) is 0.167. The van der Waals surface area contributed by atoms with Crippen LogP contribution in [0.15, 0.2) is 90.3 Å². The molecule has 4 aromatic rings. The predicted octanol–water partition coefficient (Wildman–Crippen LogP) is 4.26. The first-order chi connectivity index (χ1) is 15.1. The summed E-state index contributed by atoms with van der Waals surface area (Å²) in [7, 11) is 1.90. The maximum absolute atomic E-state index is 13.1. The van der Waals surface area contributed by atoms with Crippen molar-refractivity contribution in [1.82, 2.24) is 25.1 Å². The number of benzene rings is 2. The highest BCUT2D eigenvalue weighted by atomic mass is 32.2. The molecule has 156 valence electrons. The molecule has 0 spiro atoms. The molecule has 1 N–H and O–H groups in total. The monoisotopic (exact) mass is 429 g/mol. The first kappa shape index (κ1) is 20.8. The molecule has 2 heterocycles. The Morgan fingerprint density at radius 3 is 2.06 bits per heavy atom. The molecule has 0 aliphatic carbocycles. The zero-order valence-electron chi connectivity index (χ0n) is 17.3. The third kappa shape index (κ3) is 4.83. The summed E-state index contributed by atoms with van der Waals surface area (Å²) in [5, 5.41) is 12.1. The fourth-order valence-corrected chi connectivity index (χ4v) is 4.12. The maximum atomic E-state index is 13.1. The molecule has 7 heteroatoms. The summed E-state index contributed by atoms with van der Waals surface area (Å²) in [6.07, 6.45) is 3.44. The Bertz CT molecular complexity index is 1090. The largest absolute Gasteiger partial charge is 0.344 e. The Morgan fingerprint density at radius 1 is 0.903 bits per heavy atom. The van der Waals surface area contributed by atoms with Gasteiger partial charge in [-0.15, -0.1) is 10.2 Å². The topological polar surface area (TPSA) is 72.7 Å². The van der Waals surface area contributed by atoms with Crippen LogP contribution in [-0.4, -0.2) is 30.9 Å². The third-order valence-electron chi connectivity index (χ3n) is 4.98. The van der Waals surface area contributed by atoms with Crippen molar-refractivity contribution in [3.8, 4) is 11.4 Å². The van der Waals surface area contributed by atoms with Crippen LogP contribution in [0.2, 0.25) is 0 Å². The molecular weight excluding hydrogens is 406 g/mol. The number of nitrogens with one attached hydrogen (secondary N) is 1. The molecule has 31 heavy (non-hydrogen) atoms. The van der Waals surface area contributed by atoms with Gasteiger partial charge in [0.05, 0.1) is 11.3 Å². The number of pyridine rings is 1. The van der Waals surface area contributed by atoms with E-state index >= 15 is 0 Å². The van der Waals surface area contributed by atoms with Crippen molar-refractivity contribution in [2.24, 2.45) is 7.05 Å². The van der Waals surface area contributed by atoms with Crippen LogP contribution in [0.3, 0.4) is 0 Å². The molecule has 0 unspecified atom stereocenters. The summed E-state index contributed by atoms with van der Waals surface area (Å²) in [5.74, 6) is 0.681. The third-order valence-corrected chi connectivity index (χ3v) is 6.11. The van der Waals surface area contributed by atoms with Crippen LogP contribution in [0.5, 0.6) is 0 Å². The number of hydrogen-bond acceptors (Lipinski definition) is 5. The summed E-state index contributed by atoms with van der Waals surface area (Å²) in [4.78, 5) is 17.1. The lowest BCUT2D eigenvalue weighted by molar-refractivity contribution is -0.120. The van der Waals surface area contributed by atoms with Gasteiger partial charge in [-0.3, -0.25) is 9.78 Å². The zero-order valence-corrected chi connectivity index (χ0v) is 18.2. The second kappa shape index (κ2) is 9.57. The Morgan fingerprint density at radius 2 is 1.48 bits per heavy atom. The first-order valence-corrected chi connectivity index (χ1v) is 10.9. The minimum Gasteiger partial charge on any atom is -0.344 e. The van der Waals surface area contributed by atoms with Crippen molar-refractivity contribution in [2.75, 3.05) is 0 Å². The highest BCUT2D eigenvalue weighted by Crippen LogP contribution is 2.27. The van der Waals surface area contributed by atoms with Gasteiger partial charge in [0.15, 0.2) is 11.0 Å². The quantitative estimate of drug-likeness (QED) is 0.444. The molecule has 0 aliphatic heterocycles. The van der Waals surface area contributed by atoms with Crippen molar-refractivity contribution in [1.29, 1.82) is 0 Å². The Kier molecular flexibility index (Phi) is 6.43. The summed E-state index contributed by atoms with van der Waals surface area (Å²) >= 11 is 1.39. The Labute approximate surface area is 185 Å². The SMILES string of the molecule is C[C@@H](Sc1nnc(-c2ccncc2)n1C)C(=O)NC(c1ccccc1)c1ccccc1. The van der Waals surface area contributed by atoms with E-state index in [-0.39, 0.29) is 17.2 Å². The lowest BCUT2D eigenvalue weighted by atomic mass is 9.98. The van der Waals surface area contributed by atoms with Gasteiger partial charge in [0.25, 0.3) is 0 Å². The van der Waals surface area contributed by atoms with E-state index in [1.807, 2.05) is 91.3 Å². The van der Waals surface area contributed by atoms with Crippen LogP contribution in [-0.2, 0) is 11.8 Å². The number of amides is 1. The number of thioether (sulfide) groups is 1. The van der Waals surface area contributed by atoms with Crippen LogP contribution in [0.1, 0.15) is 24.1 Å². The van der Waals surface area contributed by atoms with E-state index in [1.165, 1.54) is 11.8 Å². The number of rotatable bonds is 7. The van der Waals surface area contributed by atoms with Gasteiger partial charge in [-0.1, -0.05) is 72.4 Å². The van der Waals surface area contributed by atoms with Crippen LogP contribution < -0.4 is 5.32 Å². The highest BCUT2D eigenvalue weighted by Gasteiger charge is 2.23. The van der Waals surface area contributed by atoms with Crippen molar-refractivity contribution in [3.63, 3.8) is 0 Å². The minimum atomic E-state index is -0.344. The molecule has 4 rings (SSSR count). The van der Waals surface area contributed by atoms with E-state index in [4.69, 9.17) is 0 Å². The summed E-state index contributed by atoms with van der Waals surface area (Å²) in [6, 6.07) is 23.5. The number of carbonyl (C=O) groups is 1. The first-order valence-electron chi connectivity index (χ1n) is 10.00. The van der Waals surface area contributed by atoms with Crippen molar-refractivity contribution in [3.05, 3.63) is 96.3 Å². The lowest BCUT2D eigenvalue weighted by Crippen LogP contribution is -2.35. The second-order valence-electron chi connectivity index (χ2n) is 7.12. The molecule has 0 aliphatic rings. The van der Waals surface area contributed by atoms with Gasteiger partial charge < -0.3 is 9.88 Å². The average Bonchev–Trinajstić information content (AvgIpc) is 3.19. The van der Waals surface area contributed by atoms with Crippen LogP contribution >= 0.6 is 11.8 Å². The molecule has 0 saturated carbocycles. The van der Waals surface area contributed by atoms with Gasteiger partial charge in [0, 0.05) is 25.0 Å². The fourth-order valence-electron chi connectivity index (χ4n) is 3.29. The molecule has 6 nitrogen and oxygen atoms in total. The molecule has 0 fully saturated rings. The molecule has 0 saturated heterocycles. The normalized spacial score (nSPS) is 12.0. The molecule has 2 aromatic heterocycles. The van der Waals surface area contributed by atoms with Gasteiger partial charge in [0.2, 0.25) is 5.91 Å². The van der Waals surface area contributed by atoms with E-state index < -0.39 is 0 Å².